The summed E-state index contributed by atoms with van der Waals surface area (Å²) >= 11 is 0. The third-order valence-corrected chi connectivity index (χ3v) is 5.15. The zero-order chi connectivity index (χ0) is 12.3. The Kier molecular flexibility index (Phi) is 4.00. The number of hydrogen-bond acceptors (Lipinski definition) is 3. The van der Waals surface area contributed by atoms with Gasteiger partial charge in [0, 0.05) is 19.0 Å². The summed E-state index contributed by atoms with van der Waals surface area (Å²) in [6.07, 6.45) is 0. The standard InChI is InChI=1S/C12H18NO3P/c1-2-16-17(14,15)12-9-13-8-11(12)10-6-4-3-5-7-10/h3-7,11-13H,2,8-9H2,1H3,(H,14,15). The molecular weight excluding hydrogens is 237 g/mol. The van der Waals surface area contributed by atoms with Crippen molar-refractivity contribution >= 4 is 7.60 Å². The fourth-order valence-corrected chi connectivity index (χ4v) is 3.98. The Morgan fingerprint density at radius 2 is 2.12 bits per heavy atom. The Hall–Kier alpha value is -0.670. The fourth-order valence-electron chi connectivity index (χ4n) is 2.33. The van der Waals surface area contributed by atoms with Gasteiger partial charge < -0.3 is 14.7 Å². The summed E-state index contributed by atoms with van der Waals surface area (Å²) in [4.78, 5) is 9.94. The van der Waals surface area contributed by atoms with Gasteiger partial charge in [0.25, 0.3) is 0 Å². The van der Waals surface area contributed by atoms with E-state index >= 15 is 0 Å². The number of nitrogens with one attached hydrogen (secondary N) is 1. The van der Waals surface area contributed by atoms with Crippen LogP contribution in [-0.4, -0.2) is 30.2 Å². The van der Waals surface area contributed by atoms with Gasteiger partial charge >= 0.3 is 7.60 Å². The molecule has 17 heavy (non-hydrogen) atoms. The van der Waals surface area contributed by atoms with Crippen LogP contribution in [0.5, 0.6) is 0 Å². The monoisotopic (exact) mass is 255 g/mol. The normalized spacial score (nSPS) is 27.9. The van der Waals surface area contributed by atoms with E-state index < -0.39 is 7.60 Å². The zero-order valence-corrected chi connectivity index (χ0v) is 10.8. The van der Waals surface area contributed by atoms with E-state index in [1.807, 2.05) is 30.3 Å². The lowest BCUT2D eigenvalue weighted by molar-refractivity contribution is 0.263. The molecule has 1 fully saturated rings. The minimum atomic E-state index is -3.52. The van der Waals surface area contributed by atoms with Gasteiger partial charge in [-0.1, -0.05) is 30.3 Å². The first-order valence-corrected chi connectivity index (χ1v) is 7.52. The van der Waals surface area contributed by atoms with Gasteiger partial charge in [-0.05, 0) is 12.5 Å². The van der Waals surface area contributed by atoms with Crippen molar-refractivity contribution in [1.29, 1.82) is 0 Å². The Morgan fingerprint density at radius 1 is 1.41 bits per heavy atom. The van der Waals surface area contributed by atoms with Gasteiger partial charge in [-0.15, -0.1) is 0 Å². The van der Waals surface area contributed by atoms with Crippen LogP contribution in [0.2, 0.25) is 0 Å². The molecular formula is C12H18NO3P. The van der Waals surface area contributed by atoms with Crippen molar-refractivity contribution in [1.82, 2.24) is 5.32 Å². The molecule has 1 aromatic rings. The summed E-state index contributed by atoms with van der Waals surface area (Å²) in [6, 6.07) is 9.84. The van der Waals surface area contributed by atoms with Gasteiger partial charge in [-0.2, -0.15) is 0 Å². The average Bonchev–Trinajstić information content (AvgIpc) is 2.79. The second-order valence-electron chi connectivity index (χ2n) is 4.22. The maximum atomic E-state index is 12.1. The van der Waals surface area contributed by atoms with E-state index in [9.17, 15) is 9.46 Å². The maximum Gasteiger partial charge on any atom is 0.333 e. The third-order valence-electron chi connectivity index (χ3n) is 3.14. The predicted octanol–water partition coefficient (Wildman–Crippen LogP) is 1.96. The highest BCUT2D eigenvalue weighted by atomic mass is 31.2. The minimum Gasteiger partial charge on any atom is -0.324 e. The molecule has 0 saturated carbocycles. The van der Waals surface area contributed by atoms with Crippen LogP contribution in [0.25, 0.3) is 0 Å². The predicted molar refractivity (Wildman–Crippen MR) is 67.3 cm³/mol. The molecule has 4 nitrogen and oxygen atoms in total. The van der Waals surface area contributed by atoms with Crippen molar-refractivity contribution < 1.29 is 14.0 Å². The van der Waals surface area contributed by atoms with E-state index in [1.54, 1.807) is 6.92 Å². The molecule has 1 aromatic carbocycles. The van der Waals surface area contributed by atoms with Crippen LogP contribution in [-0.2, 0) is 9.09 Å². The van der Waals surface area contributed by atoms with Gasteiger partial charge in [-0.3, -0.25) is 4.57 Å². The molecule has 1 saturated heterocycles. The summed E-state index contributed by atoms with van der Waals surface area (Å²) in [5.41, 5.74) is 0.751. The number of hydrogen-bond donors (Lipinski definition) is 2. The van der Waals surface area contributed by atoms with Crippen molar-refractivity contribution in [3.63, 3.8) is 0 Å². The SMILES string of the molecule is CCOP(=O)(O)C1CNCC1c1ccccc1. The van der Waals surface area contributed by atoms with Gasteiger partial charge in [-0.25, -0.2) is 0 Å². The summed E-state index contributed by atoms with van der Waals surface area (Å²) < 4.78 is 17.1. The molecule has 2 N–H and O–H groups in total. The van der Waals surface area contributed by atoms with E-state index in [2.05, 4.69) is 5.32 Å². The highest BCUT2D eigenvalue weighted by molar-refractivity contribution is 7.53. The summed E-state index contributed by atoms with van der Waals surface area (Å²) in [5, 5.41) is 3.17. The molecule has 0 spiro atoms. The summed E-state index contributed by atoms with van der Waals surface area (Å²) in [7, 11) is -3.52. The first-order chi connectivity index (χ1) is 8.15. The van der Waals surface area contributed by atoms with Crippen LogP contribution in [0.4, 0.5) is 0 Å². The van der Waals surface area contributed by atoms with Crippen molar-refractivity contribution in [2.75, 3.05) is 19.7 Å². The van der Waals surface area contributed by atoms with Crippen LogP contribution in [0.15, 0.2) is 30.3 Å². The Bertz CT molecular complexity index is 409. The Morgan fingerprint density at radius 3 is 2.76 bits per heavy atom. The van der Waals surface area contributed by atoms with Crippen molar-refractivity contribution in [2.45, 2.75) is 18.5 Å². The molecule has 0 radical (unpaired) electrons. The third kappa shape index (κ3) is 2.78. The van der Waals surface area contributed by atoms with E-state index in [4.69, 9.17) is 4.52 Å². The largest absolute Gasteiger partial charge is 0.333 e. The van der Waals surface area contributed by atoms with Crippen LogP contribution in [0.1, 0.15) is 18.4 Å². The molecule has 5 heteroatoms. The molecule has 1 aliphatic rings. The van der Waals surface area contributed by atoms with Gasteiger partial charge in [0.2, 0.25) is 0 Å². The second-order valence-corrected chi connectivity index (χ2v) is 6.27. The maximum absolute atomic E-state index is 12.1. The lowest BCUT2D eigenvalue weighted by Gasteiger charge is -2.23. The molecule has 2 rings (SSSR count). The van der Waals surface area contributed by atoms with E-state index in [0.717, 1.165) is 12.1 Å². The zero-order valence-electron chi connectivity index (χ0n) is 9.87. The second kappa shape index (κ2) is 5.32. The molecule has 0 aromatic heterocycles. The molecule has 3 atom stereocenters. The number of benzene rings is 1. The lowest BCUT2D eigenvalue weighted by atomic mass is 9.98. The van der Waals surface area contributed by atoms with Gasteiger partial charge in [0.05, 0.1) is 12.3 Å². The van der Waals surface area contributed by atoms with Crippen LogP contribution in [0.3, 0.4) is 0 Å². The topological polar surface area (TPSA) is 58.6 Å². The average molecular weight is 255 g/mol. The lowest BCUT2D eigenvalue weighted by Crippen LogP contribution is -2.19. The highest BCUT2D eigenvalue weighted by Gasteiger charge is 2.42. The van der Waals surface area contributed by atoms with E-state index in [1.165, 1.54) is 0 Å². The molecule has 94 valence electrons. The quantitative estimate of drug-likeness (QED) is 0.807. The smallest absolute Gasteiger partial charge is 0.324 e. The van der Waals surface area contributed by atoms with Gasteiger partial charge in [0.15, 0.2) is 0 Å². The molecule has 0 amide bonds. The van der Waals surface area contributed by atoms with Crippen molar-refractivity contribution in [2.24, 2.45) is 0 Å². The van der Waals surface area contributed by atoms with Crippen LogP contribution >= 0.6 is 7.60 Å². The summed E-state index contributed by atoms with van der Waals surface area (Å²) in [6.45, 7) is 3.27. The first-order valence-electron chi connectivity index (χ1n) is 5.88. The molecule has 0 aliphatic carbocycles. The van der Waals surface area contributed by atoms with E-state index in [-0.39, 0.29) is 18.2 Å². The Balaban J connectivity index is 2.21. The first kappa shape index (κ1) is 12.8. The van der Waals surface area contributed by atoms with Gasteiger partial charge in [0.1, 0.15) is 0 Å². The molecule has 1 aliphatic heterocycles. The Labute approximate surface area is 102 Å². The molecule has 1 heterocycles. The summed E-state index contributed by atoms with van der Waals surface area (Å²) in [5.74, 6) is 0.0542. The minimum absolute atomic E-state index is 0.0542. The van der Waals surface area contributed by atoms with Crippen molar-refractivity contribution in [3.05, 3.63) is 35.9 Å². The van der Waals surface area contributed by atoms with Crippen molar-refractivity contribution in [3.8, 4) is 0 Å². The number of rotatable bonds is 4. The molecule has 3 unspecified atom stereocenters. The van der Waals surface area contributed by atoms with Crippen LogP contribution < -0.4 is 5.32 Å². The fraction of sp³-hybridized carbons (Fsp3) is 0.500. The van der Waals surface area contributed by atoms with Crippen LogP contribution in [0, 0.1) is 0 Å². The highest BCUT2D eigenvalue weighted by Crippen LogP contribution is 2.53. The molecule has 0 bridgehead atoms. The van der Waals surface area contributed by atoms with E-state index in [0.29, 0.717) is 6.54 Å².